The topological polar surface area (TPSA) is 29.3 Å². The van der Waals surface area contributed by atoms with Gasteiger partial charge in [-0.3, -0.25) is 0 Å². The van der Waals surface area contributed by atoms with Crippen molar-refractivity contribution >= 4 is 17.3 Å². The van der Waals surface area contributed by atoms with E-state index in [0.717, 1.165) is 5.56 Å². The molecule has 0 bridgehead atoms. The molecule has 0 atom stereocenters. The Balaban J connectivity index is 3.08. The van der Waals surface area contributed by atoms with Crippen molar-refractivity contribution in [2.45, 2.75) is 25.9 Å². The van der Waals surface area contributed by atoms with Crippen LogP contribution in [0.3, 0.4) is 0 Å². The van der Waals surface area contributed by atoms with Crippen molar-refractivity contribution < 1.29 is 13.2 Å². The summed E-state index contributed by atoms with van der Waals surface area (Å²) in [6.45, 7) is 1.59. The van der Waals surface area contributed by atoms with Gasteiger partial charge in [-0.15, -0.1) is 0 Å². The molecule has 0 fully saturated rings. The smallest absolute Gasteiger partial charge is 0.362 e. The van der Waals surface area contributed by atoms with Crippen LogP contribution in [0.15, 0.2) is 18.2 Å². The van der Waals surface area contributed by atoms with E-state index in [1.165, 1.54) is 4.90 Å². The van der Waals surface area contributed by atoms with Gasteiger partial charge in [0.1, 0.15) is 6.54 Å². The molecular weight excluding hydrogens is 277 g/mol. The summed E-state index contributed by atoms with van der Waals surface area (Å²) >= 11 is 5.89. The van der Waals surface area contributed by atoms with Crippen molar-refractivity contribution in [1.29, 1.82) is 0 Å². The minimum atomic E-state index is -4.24. The highest BCUT2D eigenvalue weighted by Crippen LogP contribution is 2.28. The molecule has 1 aromatic carbocycles. The predicted octanol–water partition coefficient (Wildman–Crippen LogP) is 3.62. The van der Waals surface area contributed by atoms with Crippen molar-refractivity contribution in [2.75, 3.05) is 24.5 Å². The van der Waals surface area contributed by atoms with Gasteiger partial charge in [0.2, 0.25) is 0 Å². The molecule has 0 aromatic heterocycles. The first-order chi connectivity index (χ1) is 8.87. The number of nitrogens with two attached hydrogens (primary N) is 1. The summed E-state index contributed by atoms with van der Waals surface area (Å²) < 4.78 is 37.9. The number of anilines is 1. The average molecular weight is 295 g/mol. The fraction of sp³-hybridized carbons (Fsp3) is 0.538. The minimum Gasteiger partial charge on any atom is -0.362 e. The number of hydrogen-bond donors (Lipinski definition) is 1. The molecule has 2 nitrogen and oxygen atoms in total. The normalized spacial score (nSPS) is 11.7. The third-order valence-electron chi connectivity index (χ3n) is 2.67. The van der Waals surface area contributed by atoms with Crippen LogP contribution in [-0.2, 0) is 6.42 Å². The lowest BCUT2D eigenvalue weighted by Crippen LogP contribution is -2.35. The molecule has 2 N–H and O–H groups in total. The molecule has 108 valence electrons. The monoisotopic (exact) mass is 294 g/mol. The Morgan fingerprint density at radius 2 is 2.00 bits per heavy atom. The fourth-order valence-electron chi connectivity index (χ4n) is 1.97. The summed E-state index contributed by atoms with van der Waals surface area (Å²) in [7, 11) is 0. The maximum atomic E-state index is 12.6. The van der Waals surface area contributed by atoms with Crippen LogP contribution in [0.1, 0.15) is 18.9 Å². The van der Waals surface area contributed by atoms with E-state index in [1.807, 2.05) is 6.92 Å². The van der Waals surface area contributed by atoms with Gasteiger partial charge in [0.15, 0.2) is 0 Å². The molecule has 0 amide bonds. The van der Waals surface area contributed by atoms with Gasteiger partial charge in [0.05, 0.1) is 0 Å². The summed E-state index contributed by atoms with van der Waals surface area (Å²) in [6.07, 6.45) is -3.08. The fourth-order valence-corrected chi connectivity index (χ4v) is 2.14. The van der Waals surface area contributed by atoms with Crippen LogP contribution < -0.4 is 10.6 Å². The number of halogens is 4. The lowest BCUT2D eigenvalue weighted by atomic mass is 10.1. The number of nitrogens with zero attached hydrogens (tertiary/aromatic N) is 1. The maximum absolute atomic E-state index is 12.6. The van der Waals surface area contributed by atoms with Crippen LogP contribution in [0, 0.1) is 0 Å². The summed E-state index contributed by atoms with van der Waals surface area (Å²) in [5.41, 5.74) is 6.82. The Morgan fingerprint density at radius 1 is 1.32 bits per heavy atom. The molecule has 0 spiro atoms. The number of rotatable bonds is 6. The Bertz CT molecular complexity index is 407. The third kappa shape index (κ3) is 5.28. The zero-order chi connectivity index (χ0) is 14.5. The van der Waals surface area contributed by atoms with Crippen LogP contribution in [0.2, 0.25) is 5.02 Å². The molecule has 0 saturated heterocycles. The lowest BCUT2D eigenvalue weighted by Gasteiger charge is -2.28. The quantitative estimate of drug-likeness (QED) is 0.868. The Labute approximate surface area is 116 Å². The SMILES string of the molecule is CCCN(CC(F)(F)F)c1cc(Cl)ccc1CCN. The summed E-state index contributed by atoms with van der Waals surface area (Å²) in [4.78, 5) is 1.32. The molecule has 0 aliphatic carbocycles. The Hall–Kier alpha value is -0.940. The molecule has 0 unspecified atom stereocenters. The maximum Gasteiger partial charge on any atom is 0.405 e. The second-order valence-electron chi connectivity index (χ2n) is 4.35. The van der Waals surface area contributed by atoms with Gasteiger partial charge in [0.25, 0.3) is 0 Å². The molecule has 0 aliphatic rings. The third-order valence-corrected chi connectivity index (χ3v) is 2.90. The Morgan fingerprint density at radius 3 is 2.53 bits per heavy atom. The molecule has 0 heterocycles. The van der Waals surface area contributed by atoms with Gasteiger partial charge in [-0.1, -0.05) is 24.6 Å². The number of hydrogen-bond acceptors (Lipinski definition) is 2. The molecule has 0 aliphatic heterocycles. The van der Waals surface area contributed by atoms with Gasteiger partial charge in [-0.05, 0) is 37.1 Å². The van der Waals surface area contributed by atoms with Crippen molar-refractivity contribution in [3.8, 4) is 0 Å². The van der Waals surface area contributed by atoms with E-state index in [9.17, 15) is 13.2 Å². The van der Waals surface area contributed by atoms with Gasteiger partial charge >= 0.3 is 6.18 Å². The van der Waals surface area contributed by atoms with Crippen molar-refractivity contribution in [1.82, 2.24) is 0 Å². The minimum absolute atomic E-state index is 0.331. The van der Waals surface area contributed by atoms with Crippen molar-refractivity contribution in [3.63, 3.8) is 0 Å². The van der Waals surface area contributed by atoms with Gasteiger partial charge in [-0.25, -0.2) is 0 Å². The van der Waals surface area contributed by atoms with Gasteiger partial charge in [-0.2, -0.15) is 13.2 Å². The number of benzene rings is 1. The first-order valence-corrected chi connectivity index (χ1v) is 6.55. The van der Waals surface area contributed by atoms with Crippen molar-refractivity contribution in [2.24, 2.45) is 5.73 Å². The second-order valence-corrected chi connectivity index (χ2v) is 4.78. The van der Waals surface area contributed by atoms with Gasteiger partial charge in [0, 0.05) is 17.3 Å². The highest BCUT2D eigenvalue weighted by Gasteiger charge is 2.31. The molecular formula is C13H18ClF3N2. The molecule has 6 heteroatoms. The summed E-state index contributed by atoms with van der Waals surface area (Å²) in [5.74, 6) is 0. The zero-order valence-corrected chi connectivity index (χ0v) is 11.6. The van der Waals surface area contributed by atoms with Crippen LogP contribution in [0.25, 0.3) is 0 Å². The highest BCUT2D eigenvalue weighted by molar-refractivity contribution is 6.30. The largest absolute Gasteiger partial charge is 0.405 e. The average Bonchev–Trinajstić information content (AvgIpc) is 2.29. The number of alkyl halides is 3. The van der Waals surface area contributed by atoms with E-state index in [1.54, 1.807) is 18.2 Å². The van der Waals surface area contributed by atoms with E-state index < -0.39 is 12.7 Å². The molecule has 19 heavy (non-hydrogen) atoms. The van der Waals surface area contributed by atoms with E-state index in [-0.39, 0.29) is 0 Å². The highest BCUT2D eigenvalue weighted by atomic mass is 35.5. The lowest BCUT2D eigenvalue weighted by molar-refractivity contribution is -0.119. The van der Waals surface area contributed by atoms with Crippen LogP contribution in [0.4, 0.5) is 18.9 Å². The van der Waals surface area contributed by atoms with E-state index in [0.29, 0.717) is 36.6 Å². The first-order valence-electron chi connectivity index (χ1n) is 6.17. The van der Waals surface area contributed by atoms with Crippen LogP contribution in [0.5, 0.6) is 0 Å². The van der Waals surface area contributed by atoms with Crippen molar-refractivity contribution in [3.05, 3.63) is 28.8 Å². The molecule has 0 saturated carbocycles. The predicted molar refractivity (Wildman–Crippen MR) is 72.8 cm³/mol. The molecule has 0 radical (unpaired) electrons. The van der Waals surface area contributed by atoms with Crippen LogP contribution >= 0.6 is 11.6 Å². The standard InChI is InChI=1S/C13H18ClF3N2/c1-2-7-19(9-13(15,16)17)12-8-11(14)4-3-10(12)5-6-18/h3-4,8H,2,5-7,9,18H2,1H3. The van der Waals surface area contributed by atoms with E-state index >= 15 is 0 Å². The molecule has 1 aromatic rings. The second kappa shape index (κ2) is 7.01. The Kier molecular flexibility index (Phi) is 5.94. The van der Waals surface area contributed by atoms with Gasteiger partial charge < -0.3 is 10.6 Å². The van der Waals surface area contributed by atoms with E-state index in [2.05, 4.69) is 0 Å². The van der Waals surface area contributed by atoms with E-state index in [4.69, 9.17) is 17.3 Å². The summed E-state index contributed by atoms with van der Waals surface area (Å²) in [6, 6.07) is 4.99. The molecule has 1 rings (SSSR count). The first kappa shape index (κ1) is 16.1. The van der Waals surface area contributed by atoms with Crippen LogP contribution in [-0.4, -0.2) is 25.8 Å². The zero-order valence-electron chi connectivity index (χ0n) is 10.8. The summed E-state index contributed by atoms with van der Waals surface area (Å²) in [5, 5.41) is 0.430.